The van der Waals surface area contributed by atoms with Gasteiger partial charge in [-0.3, -0.25) is 9.69 Å². The van der Waals surface area contributed by atoms with Gasteiger partial charge in [0.15, 0.2) is 0 Å². The molecule has 0 bridgehead atoms. The largest absolute Gasteiger partial charge is 0.326 e. The maximum Gasteiger partial charge on any atom is 0.228 e. The number of carbonyl (C=O) groups is 1. The topological polar surface area (TPSA) is 32.3 Å². The summed E-state index contributed by atoms with van der Waals surface area (Å²) in [6.07, 6.45) is 2.05. The zero-order valence-corrected chi connectivity index (χ0v) is 15.2. The summed E-state index contributed by atoms with van der Waals surface area (Å²) in [5.41, 5.74) is 3.48. The quantitative estimate of drug-likeness (QED) is 0.861. The fraction of sp³-hybridized carbons (Fsp3) is 0.409. The maximum atomic E-state index is 12.8. The highest BCUT2D eigenvalue weighted by atomic mass is 16.1. The molecule has 2 aromatic carbocycles. The number of rotatable bonds is 5. The van der Waals surface area contributed by atoms with Crippen molar-refractivity contribution in [3.8, 4) is 0 Å². The second kappa shape index (κ2) is 8.30. The van der Waals surface area contributed by atoms with Crippen LogP contribution in [0.15, 0.2) is 54.6 Å². The summed E-state index contributed by atoms with van der Waals surface area (Å²) in [6, 6.07) is 18.6. The van der Waals surface area contributed by atoms with Crippen molar-refractivity contribution in [2.24, 2.45) is 5.92 Å². The molecule has 0 radical (unpaired) electrons. The molecule has 1 fully saturated rings. The molecular weight excluding hydrogens is 308 g/mol. The number of anilines is 1. The summed E-state index contributed by atoms with van der Waals surface area (Å²) in [5.74, 6) is 0.626. The van der Waals surface area contributed by atoms with E-state index in [-0.39, 0.29) is 11.8 Å². The van der Waals surface area contributed by atoms with Crippen LogP contribution in [-0.2, 0) is 11.3 Å². The Morgan fingerprint density at radius 1 is 1.12 bits per heavy atom. The summed E-state index contributed by atoms with van der Waals surface area (Å²) < 4.78 is 0. The SMILES string of the molecule is CC(C)c1ccccc1NC(=O)[C@H]1CCCN(Cc2ccccc2)C1. The summed E-state index contributed by atoms with van der Waals surface area (Å²) in [7, 11) is 0. The normalized spacial score (nSPS) is 18.3. The van der Waals surface area contributed by atoms with Gasteiger partial charge in [0.25, 0.3) is 0 Å². The minimum atomic E-state index is 0.0673. The van der Waals surface area contributed by atoms with Gasteiger partial charge in [0.1, 0.15) is 0 Å². The van der Waals surface area contributed by atoms with E-state index in [4.69, 9.17) is 0 Å². The Hall–Kier alpha value is -2.13. The van der Waals surface area contributed by atoms with Crippen molar-refractivity contribution in [3.63, 3.8) is 0 Å². The minimum absolute atomic E-state index is 0.0673. The third-order valence-corrected chi connectivity index (χ3v) is 4.97. The molecule has 1 aliphatic heterocycles. The van der Waals surface area contributed by atoms with Crippen LogP contribution >= 0.6 is 0 Å². The van der Waals surface area contributed by atoms with Gasteiger partial charge in [-0.05, 0) is 42.5 Å². The van der Waals surface area contributed by atoms with Crippen LogP contribution in [-0.4, -0.2) is 23.9 Å². The highest BCUT2D eigenvalue weighted by molar-refractivity contribution is 5.93. The average Bonchev–Trinajstić information content (AvgIpc) is 2.63. The third kappa shape index (κ3) is 4.70. The summed E-state index contributed by atoms with van der Waals surface area (Å²) in [5, 5.41) is 3.18. The number of nitrogens with one attached hydrogen (secondary N) is 1. The molecule has 3 rings (SSSR count). The fourth-order valence-corrected chi connectivity index (χ4v) is 3.60. The predicted octanol–water partition coefficient (Wildman–Crippen LogP) is 4.66. The lowest BCUT2D eigenvalue weighted by atomic mass is 9.95. The molecule has 3 nitrogen and oxygen atoms in total. The molecule has 0 aliphatic carbocycles. The lowest BCUT2D eigenvalue weighted by Gasteiger charge is -2.32. The fourth-order valence-electron chi connectivity index (χ4n) is 3.60. The van der Waals surface area contributed by atoms with Gasteiger partial charge in [0, 0.05) is 18.8 Å². The zero-order chi connectivity index (χ0) is 17.6. The zero-order valence-electron chi connectivity index (χ0n) is 15.2. The van der Waals surface area contributed by atoms with E-state index in [0.717, 1.165) is 38.2 Å². The molecule has 1 aliphatic rings. The van der Waals surface area contributed by atoms with Gasteiger partial charge in [-0.25, -0.2) is 0 Å². The molecular formula is C22H28N2O. The molecule has 1 N–H and O–H groups in total. The van der Waals surface area contributed by atoms with Crippen LogP contribution in [0.3, 0.4) is 0 Å². The van der Waals surface area contributed by atoms with E-state index in [1.165, 1.54) is 11.1 Å². The number of hydrogen-bond donors (Lipinski definition) is 1. The van der Waals surface area contributed by atoms with Crippen molar-refractivity contribution in [2.75, 3.05) is 18.4 Å². The number of amides is 1. The van der Waals surface area contributed by atoms with E-state index in [1.807, 2.05) is 24.3 Å². The van der Waals surface area contributed by atoms with Gasteiger partial charge >= 0.3 is 0 Å². The van der Waals surface area contributed by atoms with Gasteiger partial charge in [-0.1, -0.05) is 62.4 Å². The van der Waals surface area contributed by atoms with Crippen LogP contribution in [0.5, 0.6) is 0 Å². The van der Waals surface area contributed by atoms with E-state index in [1.54, 1.807) is 0 Å². The lowest BCUT2D eigenvalue weighted by molar-refractivity contribution is -0.121. The first kappa shape index (κ1) is 17.7. The molecule has 132 valence electrons. The molecule has 0 unspecified atom stereocenters. The number of likely N-dealkylation sites (tertiary alicyclic amines) is 1. The van der Waals surface area contributed by atoms with Gasteiger partial charge in [0.05, 0.1) is 5.92 Å². The number of benzene rings is 2. The van der Waals surface area contributed by atoms with Gasteiger partial charge < -0.3 is 5.32 Å². The van der Waals surface area contributed by atoms with Gasteiger partial charge in [0.2, 0.25) is 5.91 Å². The molecule has 1 heterocycles. The smallest absolute Gasteiger partial charge is 0.228 e. The number of carbonyl (C=O) groups excluding carboxylic acids is 1. The number of hydrogen-bond acceptors (Lipinski definition) is 2. The average molecular weight is 336 g/mol. The standard InChI is InChI=1S/C22H28N2O/c1-17(2)20-12-6-7-13-21(20)23-22(25)19-11-8-14-24(16-19)15-18-9-4-3-5-10-18/h3-7,9-10,12-13,17,19H,8,11,14-16H2,1-2H3,(H,23,25)/t19-/m0/s1. The van der Waals surface area contributed by atoms with E-state index >= 15 is 0 Å². The molecule has 2 aromatic rings. The van der Waals surface area contributed by atoms with Crippen LogP contribution in [0.2, 0.25) is 0 Å². The Morgan fingerprint density at radius 2 is 1.84 bits per heavy atom. The minimum Gasteiger partial charge on any atom is -0.326 e. The highest BCUT2D eigenvalue weighted by Crippen LogP contribution is 2.26. The highest BCUT2D eigenvalue weighted by Gasteiger charge is 2.26. The Kier molecular flexibility index (Phi) is 5.87. The van der Waals surface area contributed by atoms with Crippen molar-refractivity contribution < 1.29 is 4.79 Å². The monoisotopic (exact) mass is 336 g/mol. The summed E-state index contributed by atoms with van der Waals surface area (Å²) in [6.45, 7) is 7.15. The molecule has 0 aromatic heterocycles. The lowest BCUT2D eigenvalue weighted by Crippen LogP contribution is -2.40. The Morgan fingerprint density at radius 3 is 2.60 bits per heavy atom. The van der Waals surface area contributed by atoms with Gasteiger partial charge in [-0.2, -0.15) is 0 Å². The van der Waals surface area contributed by atoms with Crippen molar-refractivity contribution in [1.29, 1.82) is 0 Å². The van der Waals surface area contributed by atoms with E-state index < -0.39 is 0 Å². The second-order valence-electron chi connectivity index (χ2n) is 7.29. The number of para-hydroxylation sites is 1. The first-order chi connectivity index (χ1) is 12.1. The Balaban J connectivity index is 1.62. The first-order valence-corrected chi connectivity index (χ1v) is 9.29. The van der Waals surface area contributed by atoms with E-state index in [0.29, 0.717) is 5.92 Å². The van der Waals surface area contributed by atoms with Crippen LogP contribution in [0.1, 0.15) is 43.7 Å². The molecule has 0 saturated carbocycles. The van der Waals surface area contributed by atoms with Crippen LogP contribution in [0, 0.1) is 5.92 Å². The van der Waals surface area contributed by atoms with Crippen molar-refractivity contribution in [2.45, 2.75) is 39.2 Å². The maximum absolute atomic E-state index is 12.8. The van der Waals surface area contributed by atoms with Crippen molar-refractivity contribution in [1.82, 2.24) is 4.90 Å². The van der Waals surface area contributed by atoms with Crippen molar-refractivity contribution in [3.05, 3.63) is 65.7 Å². The number of nitrogens with zero attached hydrogens (tertiary/aromatic N) is 1. The molecule has 1 atom stereocenters. The third-order valence-electron chi connectivity index (χ3n) is 4.97. The van der Waals surface area contributed by atoms with E-state index in [2.05, 4.69) is 54.4 Å². The van der Waals surface area contributed by atoms with E-state index in [9.17, 15) is 4.79 Å². The Bertz CT molecular complexity index is 696. The molecule has 25 heavy (non-hydrogen) atoms. The first-order valence-electron chi connectivity index (χ1n) is 9.29. The molecule has 3 heteroatoms. The molecule has 0 spiro atoms. The van der Waals surface area contributed by atoms with Crippen LogP contribution < -0.4 is 5.32 Å². The second-order valence-corrected chi connectivity index (χ2v) is 7.29. The molecule has 1 amide bonds. The van der Waals surface area contributed by atoms with Crippen molar-refractivity contribution >= 4 is 11.6 Å². The predicted molar refractivity (Wildman–Crippen MR) is 104 cm³/mol. The number of piperidine rings is 1. The molecule has 1 saturated heterocycles. The van der Waals surface area contributed by atoms with Gasteiger partial charge in [-0.15, -0.1) is 0 Å². The van der Waals surface area contributed by atoms with Crippen LogP contribution in [0.25, 0.3) is 0 Å². The summed E-state index contributed by atoms with van der Waals surface area (Å²) in [4.78, 5) is 15.2. The summed E-state index contributed by atoms with van der Waals surface area (Å²) >= 11 is 0. The Labute approximate surface area is 151 Å². The van der Waals surface area contributed by atoms with Crippen LogP contribution in [0.4, 0.5) is 5.69 Å².